The smallest absolute Gasteiger partial charge is 0.313 e. The molecule has 0 aliphatic carbocycles. The van der Waals surface area contributed by atoms with Crippen molar-refractivity contribution in [2.24, 2.45) is 5.92 Å². The van der Waals surface area contributed by atoms with E-state index in [-0.39, 0.29) is 23.4 Å². The van der Waals surface area contributed by atoms with Gasteiger partial charge in [-0.3, -0.25) is 9.59 Å². The number of hydrogen-bond donors (Lipinski definition) is 0. The van der Waals surface area contributed by atoms with Gasteiger partial charge in [0.1, 0.15) is 11.5 Å². The number of carbonyl (C=O) groups excluding carboxylic acids is 2. The molecule has 1 aliphatic rings. The maximum absolute atomic E-state index is 12.7. The average molecular weight is 391 g/mol. The molecule has 6 heteroatoms. The summed E-state index contributed by atoms with van der Waals surface area (Å²) in [4.78, 5) is 24.5. The molecule has 26 heavy (non-hydrogen) atoms. The lowest BCUT2D eigenvalue weighted by Gasteiger charge is -2.09. The van der Waals surface area contributed by atoms with Gasteiger partial charge in [0.2, 0.25) is 5.78 Å². The standard InChI is InChI=1S/C20H16Cl2O4/c1-10(2)20(24)25-14-6-11(3)18-16(9-14)26-17(19(18)23)7-12-4-5-13(21)8-15(12)22/h4-10H,1-3H3/b17-7-. The number of hydrogen-bond acceptors (Lipinski definition) is 4. The molecule has 0 bridgehead atoms. The normalized spacial score (nSPS) is 14.5. The molecule has 3 rings (SSSR count). The van der Waals surface area contributed by atoms with E-state index in [1.54, 1.807) is 57.2 Å². The fourth-order valence-corrected chi connectivity index (χ4v) is 2.99. The number of allylic oxidation sites excluding steroid dienone is 1. The SMILES string of the molecule is Cc1cc(OC(=O)C(C)C)cc2c1C(=O)/C(=C/c1ccc(Cl)cc1Cl)O2. The van der Waals surface area contributed by atoms with Crippen molar-refractivity contribution in [2.45, 2.75) is 20.8 Å². The van der Waals surface area contributed by atoms with Crippen molar-refractivity contribution < 1.29 is 19.1 Å². The van der Waals surface area contributed by atoms with E-state index >= 15 is 0 Å². The second-order valence-corrected chi connectivity index (χ2v) is 7.14. The molecule has 0 aromatic heterocycles. The molecule has 0 atom stereocenters. The zero-order valence-corrected chi connectivity index (χ0v) is 15.9. The third-order valence-corrected chi connectivity index (χ3v) is 4.44. The van der Waals surface area contributed by atoms with Crippen molar-refractivity contribution in [1.29, 1.82) is 0 Å². The second-order valence-electron chi connectivity index (χ2n) is 6.29. The van der Waals surface area contributed by atoms with Gasteiger partial charge in [-0.1, -0.05) is 43.1 Å². The van der Waals surface area contributed by atoms with Gasteiger partial charge < -0.3 is 9.47 Å². The number of esters is 1. The first-order valence-electron chi connectivity index (χ1n) is 8.02. The molecule has 0 unspecified atom stereocenters. The summed E-state index contributed by atoms with van der Waals surface area (Å²) >= 11 is 12.0. The Morgan fingerprint density at radius 2 is 1.92 bits per heavy atom. The van der Waals surface area contributed by atoms with E-state index in [1.165, 1.54) is 0 Å². The molecule has 0 spiro atoms. The molecule has 0 saturated carbocycles. The Bertz CT molecular complexity index is 945. The number of ketones is 1. The van der Waals surface area contributed by atoms with Crippen LogP contribution in [0, 0.1) is 12.8 Å². The Morgan fingerprint density at radius 3 is 2.58 bits per heavy atom. The third kappa shape index (κ3) is 3.62. The van der Waals surface area contributed by atoms with E-state index in [1.807, 2.05) is 0 Å². The molecule has 1 aliphatic heterocycles. The molecule has 0 fully saturated rings. The van der Waals surface area contributed by atoms with Gasteiger partial charge in [0, 0.05) is 16.1 Å². The lowest BCUT2D eigenvalue weighted by Crippen LogP contribution is -2.14. The highest BCUT2D eigenvalue weighted by molar-refractivity contribution is 6.35. The lowest BCUT2D eigenvalue weighted by atomic mass is 10.0. The Hall–Kier alpha value is -2.30. The van der Waals surface area contributed by atoms with E-state index in [0.717, 1.165) is 0 Å². The van der Waals surface area contributed by atoms with E-state index in [9.17, 15) is 9.59 Å². The highest BCUT2D eigenvalue weighted by atomic mass is 35.5. The topological polar surface area (TPSA) is 52.6 Å². The summed E-state index contributed by atoms with van der Waals surface area (Å²) in [6.07, 6.45) is 1.57. The van der Waals surface area contributed by atoms with Crippen LogP contribution in [-0.2, 0) is 4.79 Å². The van der Waals surface area contributed by atoms with Gasteiger partial charge in [0.05, 0.1) is 11.5 Å². The zero-order valence-electron chi connectivity index (χ0n) is 14.4. The van der Waals surface area contributed by atoms with Crippen LogP contribution in [0.2, 0.25) is 10.0 Å². The number of carbonyl (C=O) groups is 2. The fraction of sp³-hybridized carbons (Fsp3) is 0.200. The first-order valence-corrected chi connectivity index (χ1v) is 8.77. The van der Waals surface area contributed by atoms with Crippen LogP contribution in [-0.4, -0.2) is 11.8 Å². The Balaban J connectivity index is 1.94. The summed E-state index contributed by atoms with van der Waals surface area (Å²) in [7, 11) is 0. The van der Waals surface area contributed by atoms with E-state index in [2.05, 4.69) is 0 Å². The number of benzene rings is 2. The maximum Gasteiger partial charge on any atom is 0.313 e. The maximum atomic E-state index is 12.7. The minimum atomic E-state index is -0.350. The molecule has 0 amide bonds. The van der Waals surface area contributed by atoms with Crippen LogP contribution < -0.4 is 9.47 Å². The minimum Gasteiger partial charge on any atom is -0.452 e. The average Bonchev–Trinajstić information content (AvgIpc) is 2.86. The quantitative estimate of drug-likeness (QED) is 0.395. The van der Waals surface area contributed by atoms with Crippen LogP contribution in [0.4, 0.5) is 0 Å². The lowest BCUT2D eigenvalue weighted by molar-refractivity contribution is -0.137. The van der Waals surface area contributed by atoms with Crippen molar-refractivity contribution >= 4 is 41.0 Å². The molecule has 4 nitrogen and oxygen atoms in total. The number of Topliss-reactive ketones (excluding diaryl/α,β-unsaturated/α-hetero) is 1. The molecule has 0 radical (unpaired) electrons. The highest BCUT2D eigenvalue weighted by Gasteiger charge is 2.30. The summed E-state index contributed by atoms with van der Waals surface area (Å²) in [6.45, 7) is 5.27. The van der Waals surface area contributed by atoms with Gasteiger partial charge in [-0.25, -0.2) is 0 Å². The second kappa shape index (κ2) is 7.14. The van der Waals surface area contributed by atoms with Gasteiger partial charge in [0.25, 0.3) is 0 Å². The molecule has 2 aromatic carbocycles. The Labute approximate surface area is 161 Å². The molecule has 134 valence electrons. The summed E-state index contributed by atoms with van der Waals surface area (Å²) in [5, 5.41) is 0.923. The van der Waals surface area contributed by atoms with Crippen LogP contribution in [0.15, 0.2) is 36.1 Å². The van der Waals surface area contributed by atoms with Crippen molar-refractivity contribution in [3.05, 3.63) is 62.8 Å². The van der Waals surface area contributed by atoms with Crippen LogP contribution in [0.3, 0.4) is 0 Å². The van der Waals surface area contributed by atoms with Gasteiger partial charge in [-0.05, 0) is 42.3 Å². The number of halogens is 2. The van der Waals surface area contributed by atoms with Gasteiger partial charge in [-0.15, -0.1) is 0 Å². The first-order chi connectivity index (χ1) is 12.3. The van der Waals surface area contributed by atoms with Crippen LogP contribution in [0.1, 0.15) is 35.3 Å². The summed E-state index contributed by atoms with van der Waals surface area (Å²) in [5.74, 6) is 0.00679. The third-order valence-electron chi connectivity index (χ3n) is 3.88. The Morgan fingerprint density at radius 1 is 1.19 bits per heavy atom. The number of ether oxygens (including phenoxy) is 2. The molecule has 2 aromatic rings. The summed E-state index contributed by atoms with van der Waals surface area (Å²) in [5.41, 5.74) is 1.74. The van der Waals surface area contributed by atoms with Crippen molar-refractivity contribution in [2.75, 3.05) is 0 Å². The van der Waals surface area contributed by atoms with E-state index in [4.69, 9.17) is 32.7 Å². The van der Waals surface area contributed by atoms with Crippen LogP contribution >= 0.6 is 23.2 Å². The Kier molecular flexibility index (Phi) is 5.08. The van der Waals surface area contributed by atoms with E-state index < -0.39 is 0 Å². The number of aryl methyl sites for hydroxylation is 1. The molecule has 0 N–H and O–H groups in total. The highest BCUT2D eigenvalue weighted by Crippen LogP contribution is 2.38. The largest absolute Gasteiger partial charge is 0.452 e. The molecule has 0 saturated heterocycles. The van der Waals surface area contributed by atoms with E-state index in [0.29, 0.717) is 38.2 Å². The minimum absolute atomic E-state index is 0.152. The fourth-order valence-electron chi connectivity index (χ4n) is 2.53. The number of fused-ring (bicyclic) bond motifs is 1. The molecule has 1 heterocycles. The molecular weight excluding hydrogens is 375 g/mol. The predicted molar refractivity (Wildman–Crippen MR) is 101 cm³/mol. The van der Waals surface area contributed by atoms with Crippen molar-refractivity contribution in [1.82, 2.24) is 0 Å². The van der Waals surface area contributed by atoms with Crippen molar-refractivity contribution in [3.63, 3.8) is 0 Å². The summed E-state index contributed by atoms with van der Waals surface area (Å²) in [6, 6.07) is 8.18. The number of rotatable bonds is 3. The van der Waals surface area contributed by atoms with Gasteiger partial charge >= 0.3 is 5.97 Å². The predicted octanol–water partition coefficient (Wildman–Crippen LogP) is 5.48. The van der Waals surface area contributed by atoms with Crippen LogP contribution in [0.25, 0.3) is 6.08 Å². The summed E-state index contributed by atoms with van der Waals surface area (Å²) < 4.78 is 11.0. The monoisotopic (exact) mass is 390 g/mol. The van der Waals surface area contributed by atoms with Crippen LogP contribution in [0.5, 0.6) is 11.5 Å². The zero-order chi connectivity index (χ0) is 19.0. The molecular formula is C20H16Cl2O4. The van der Waals surface area contributed by atoms with Gasteiger partial charge in [0.15, 0.2) is 5.76 Å². The van der Waals surface area contributed by atoms with Crippen molar-refractivity contribution in [3.8, 4) is 11.5 Å². The van der Waals surface area contributed by atoms with Gasteiger partial charge in [-0.2, -0.15) is 0 Å². The first kappa shape index (κ1) is 18.5.